The van der Waals surface area contributed by atoms with Gasteiger partial charge in [0.2, 0.25) is 10.3 Å². The van der Waals surface area contributed by atoms with Crippen molar-refractivity contribution in [2.45, 2.75) is 6.42 Å². The van der Waals surface area contributed by atoms with Crippen molar-refractivity contribution in [3.63, 3.8) is 0 Å². The molecular formula is C15H11FO4S. The molecular weight excluding hydrogens is 295 g/mol. The molecule has 0 spiro atoms. The topological polar surface area (TPSA) is 71.4 Å². The van der Waals surface area contributed by atoms with Crippen molar-refractivity contribution in [3.8, 4) is 11.1 Å². The fourth-order valence-corrected chi connectivity index (χ4v) is 2.34. The van der Waals surface area contributed by atoms with Crippen LogP contribution in [0.1, 0.15) is 5.56 Å². The molecule has 0 atom stereocenters. The Kier molecular flexibility index (Phi) is 4.49. The second kappa shape index (κ2) is 6.32. The van der Waals surface area contributed by atoms with E-state index in [1.165, 1.54) is 12.1 Å². The van der Waals surface area contributed by atoms with E-state index in [1.807, 2.05) is 6.07 Å². The molecule has 2 aromatic carbocycles. The number of aliphatic carboxylic acids is 1. The number of hydrogen-bond donors (Lipinski definition) is 1. The maximum Gasteiger partial charge on any atom is 0.347 e. The van der Waals surface area contributed by atoms with Gasteiger partial charge in [0.05, 0.1) is 0 Å². The number of carboxylic acids is 1. The summed E-state index contributed by atoms with van der Waals surface area (Å²) in [5.74, 6) is -2.06. The van der Waals surface area contributed by atoms with Gasteiger partial charge >= 0.3 is 5.97 Å². The molecule has 0 radical (unpaired) electrons. The van der Waals surface area contributed by atoms with E-state index in [1.54, 1.807) is 24.3 Å². The first kappa shape index (κ1) is 14.9. The molecule has 2 aromatic rings. The summed E-state index contributed by atoms with van der Waals surface area (Å²) in [5, 5.41) is 8.78. The van der Waals surface area contributed by atoms with Crippen molar-refractivity contribution in [2.75, 3.05) is 0 Å². The number of carboxylic acid groups (broad SMARTS) is 1. The van der Waals surface area contributed by atoms with Crippen molar-refractivity contribution in [1.82, 2.24) is 0 Å². The zero-order valence-corrected chi connectivity index (χ0v) is 11.6. The molecule has 0 aromatic heterocycles. The highest BCUT2D eigenvalue weighted by molar-refractivity contribution is 7.74. The highest BCUT2D eigenvalue weighted by atomic mass is 32.2. The normalized spacial score (nSPS) is 10.1. The summed E-state index contributed by atoms with van der Waals surface area (Å²) in [6.07, 6.45) is -0.350. The van der Waals surface area contributed by atoms with Crippen LogP contribution in [0.25, 0.3) is 11.1 Å². The molecule has 0 aliphatic heterocycles. The summed E-state index contributed by atoms with van der Waals surface area (Å²) in [7, 11) is -2.84. The fourth-order valence-electron chi connectivity index (χ4n) is 1.91. The predicted octanol–water partition coefficient (Wildman–Crippen LogP) is 2.17. The molecule has 0 fully saturated rings. The van der Waals surface area contributed by atoms with Gasteiger partial charge in [-0.15, -0.1) is 0 Å². The van der Waals surface area contributed by atoms with Crippen LogP contribution in [0.15, 0.2) is 48.5 Å². The summed E-state index contributed by atoms with van der Waals surface area (Å²) in [6.45, 7) is 0. The van der Waals surface area contributed by atoms with Crippen LogP contribution < -0.4 is 0 Å². The van der Waals surface area contributed by atoms with Crippen LogP contribution in [0.5, 0.6) is 0 Å². The molecule has 0 unspecified atom stereocenters. The van der Waals surface area contributed by atoms with Gasteiger partial charge in [-0.2, -0.15) is 8.42 Å². The maximum atomic E-state index is 14.1. The van der Waals surface area contributed by atoms with Crippen molar-refractivity contribution < 1.29 is 22.7 Å². The molecule has 2 rings (SSSR count). The van der Waals surface area contributed by atoms with E-state index in [9.17, 15) is 17.6 Å². The molecule has 0 aliphatic rings. The molecule has 1 N–H and O–H groups in total. The first-order valence-electron chi connectivity index (χ1n) is 6.01. The number of benzene rings is 2. The molecule has 0 bridgehead atoms. The van der Waals surface area contributed by atoms with Crippen LogP contribution in [0, 0.1) is 5.82 Å². The molecule has 0 heterocycles. The third-order valence-electron chi connectivity index (χ3n) is 2.92. The molecule has 0 aliphatic carbocycles. The lowest BCUT2D eigenvalue weighted by Crippen LogP contribution is -2.17. The van der Waals surface area contributed by atoms with Gasteiger partial charge in [-0.25, -0.2) is 9.18 Å². The van der Waals surface area contributed by atoms with Gasteiger partial charge in [0, 0.05) is 12.0 Å². The minimum Gasteiger partial charge on any atom is -0.477 e. The third-order valence-corrected chi connectivity index (χ3v) is 3.64. The molecule has 21 heavy (non-hydrogen) atoms. The largest absolute Gasteiger partial charge is 0.477 e. The number of carbonyl (C=O) groups is 1. The standard InChI is InChI=1S/C15H11FO4S/c16-13-8-10(9-14(15(17)18)21(19)20)6-7-12(13)11-4-2-1-3-5-11/h1-8H,9H2,(H,17,18). The Balaban J connectivity index is 2.37. The Hall–Kier alpha value is -2.47. The fraction of sp³-hybridized carbons (Fsp3) is 0.0667. The Morgan fingerprint density at radius 3 is 2.29 bits per heavy atom. The highest BCUT2D eigenvalue weighted by Crippen LogP contribution is 2.23. The Morgan fingerprint density at radius 1 is 1.10 bits per heavy atom. The lowest BCUT2D eigenvalue weighted by Gasteiger charge is -2.06. The van der Waals surface area contributed by atoms with E-state index in [4.69, 9.17) is 5.11 Å². The van der Waals surface area contributed by atoms with Gasteiger partial charge in [0.25, 0.3) is 0 Å². The smallest absolute Gasteiger partial charge is 0.347 e. The lowest BCUT2D eigenvalue weighted by molar-refractivity contribution is -0.129. The van der Waals surface area contributed by atoms with Crippen LogP contribution in [0.2, 0.25) is 0 Å². The van der Waals surface area contributed by atoms with E-state index in [2.05, 4.69) is 0 Å². The summed E-state index contributed by atoms with van der Waals surface area (Å²) in [6, 6.07) is 13.0. The predicted molar refractivity (Wildman–Crippen MR) is 77.1 cm³/mol. The second-order valence-electron chi connectivity index (χ2n) is 4.32. The zero-order valence-electron chi connectivity index (χ0n) is 10.8. The number of rotatable bonds is 4. The quantitative estimate of drug-likeness (QED) is 0.879. The summed E-state index contributed by atoms with van der Waals surface area (Å²) in [4.78, 5) is 10.1. The highest BCUT2D eigenvalue weighted by Gasteiger charge is 2.14. The summed E-state index contributed by atoms with van der Waals surface area (Å²) in [5.41, 5.74) is 1.35. The van der Waals surface area contributed by atoms with E-state index in [-0.39, 0.29) is 12.0 Å². The Bertz CT molecular complexity index is 803. The zero-order chi connectivity index (χ0) is 15.4. The lowest BCUT2D eigenvalue weighted by atomic mass is 10.0. The van der Waals surface area contributed by atoms with Crippen LogP contribution in [-0.2, 0) is 21.5 Å². The average Bonchev–Trinajstić information content (AvgIpc) is 2.45. The van der Waals surface area contributed by atoms with Gasteiger partial charge in [0.15, 0.2) is 4.86 Å². The molecule has 0 saturated heterocycles. The van der Waals surface area contributed by atoms with Crippen LogP contribution in [-0.4, -0.2) is 24.4 Å². The van der Waals surface area contributed by atoms with E-state index in [0.717, 1.165) is 6.07 Å². The first-order valence-corrected chi connectivity index (χ1v) is 7.08. The Morgan fingerprint density at radius 2 is 1.76 bits per heavy atom. The van der Waals surface area contributed by atoms with Gasteiger partial charge in [-0.05, 0) is 17.2 Å². The molecule has 0 saturated carbocycles. The van der Waals surface area contributed by atoms with Crippen molar-refractivity contribution >= 4 is 21.1 Å². The average molecular weight is 306 g/mol. The Labute approximate surface area is 122 Å². The van der Waals surface area contributed by atoms with Crippen LogP contribution >= 0.6 is 0 Å². The molecule has 108 valence electrons. The van der Waals surface area contributed by atoms with Crippen LogP contribution in [0.4, 0.5) is 4.39 Å². The van der Waals surface area contributed by atoms with Crippen molar-refractivity contribution in [2.24, 2.45) is 0 Å². The van der Waals surface area contributed by atoms with Crippen LogP contribution in [0.3, 0.4) is 0 Å². The molecule has 4 nitrogen and oxygen atoms in total. The van der Waals surface area contributed by atoms with E-state index < -0.39 is 26.9 Å². The molecule has 6 heteroatoms. The minimum atomic E-state index is -2.84. The number of hydrogen-bond acceptors (Lipinski definition) is 3. The van der Waals surface area contributed by atoms with Crippen molar-refractivity contribution in [1.29, 1.82) is 0 Å². The monoisotopic (exact) mass is 306 g/mol. The van der Waals surface area contributed by atoms with E-state index in [0.29, 0.717) is 11.1 Å². The second-order valence-corrected chi connectivity index (χ2v) is 5.28. The maximum absolute atomic E-state index is 14.1. The third kappa shape index (κ3) is 3.55. The summed E-state index contributed by atoms with van der Waals surface area (Å²) < 4.78 is 35.7. The number of halogens is 1. The van der Waals surface area contributed by atoms with Gasteiger partial charge in [0.1, 0.15) is 5.82 Å². The van der Waals surface area contributed by atoms with Crippen molar-refractivity contribution in [3.05, 3.63) is 59.9 Å². The minimum absolute atomic E-state index is 0.286. The SMILES string of the molecule is O=C(O)C(Cc1ccc(-c2ccccc2)c(F)c1)=S(=O)=O. The van der Waals surface area contributed by atoms with Gasteiger partial charge in [-0.3, -0.25) is 0 Å². The van der Waals surface area contributed by atoms with E-state index >= 15 is 0 Å². The summed E-state index contributed by atoms with van der Waals surface area (Å²) >= 11 is 0. The van der Waals surface area contributed by atoms with Gasteiger partial charge in [-0.1, -0.05) is 42.5 Å². The first-order chi connectivity index (χ1) is 9.99. The molecule has 0 amide bonds. The van der Waals surface area contributed by atoms with Gasteiger partial charge < -0.3 is 5.11 Å².